The molecule has 1 atom stereocenters. The molecule has 0 saturated heterocycles. The molecule has 0 aliphatic carbocycles. The van der Waals surface area contributed by atoms with E-state index in [4.69, 9.17) is 27.9 Å². The average molecular weight is 462 g/mol. The van der Waals surface area contributed by atoms with Crippen molar-refractivity contribution in [1.29, 1.82) is 0 Å². The Morgan fingerprint density at radius 3 is 1.90 bits per heavy atom. The van der Waals surface area contributed by atoms with Crippen LogP contribution in [0.15, 0.2) is 78.9 Å². The number of carbonyl (C=O) groups is 1. The highest BCUT2D eigenvalue weighted by Crippen LogP contribution is 2.36. The van der Waals surface area contributed by atoms with Crippen LogP contribution in [0.3, 0.4) is 0 Å². The number of carboxylic acids is 1. The number of aliphatic carboxylic acids is 1. The highest BCUT2D eigenvalue weighted by atomic mass is 35.5. The molecule has 0 saturated carbocycles. The summed E-state index contributed by atoms with van der Waals surface area (Å²) in [4.78, 5) is 11.3. The van der Waals surface area contributed by atoms with Crippen molar-refractivity contribution in [2.24, 2.45) is 0 Å². The lowest BCUT2D eigenvalue weighted by Gasteiger charge is -2.35. The van der Waals surface area contributed by atoms with Crippen molar-refractivity contribution in [2.45, 2.75) is 18.6 Å². The number of aliphatic hydroxyl groups is 1. The van der Waals surface area contributed by atoms with Crippen molar-refractivity contribution >= 4 is 34.9 Å². The number of halogens is 2. The summed E-state index contributed by atoms with van der Waals surface area (Å²) >= 11 is 11.6. The van der Waals surface area contributed by atoms with Gasteiger partial charge in [-0.15, -0.1) is 0 Å². The second kappa shape index (κ2) is 11.7. The first-order chi connectivity index (χ1) is 14.9. The highest BCUT2D eigenvalue weighted by molar-refractivity contribution is 6.36. The van der Waals surface area contributed by atoms with Crippen molar-refractivity contribution in [3.05, 3.63) is 100 Å². The van der Waals surface area contributed by atoms with Gasteiger partial charge in [-0.2, -0.15) is 0 Å². The van der Waals surface area contributed by atoms with E-state index in [2.05, 4.69) is 5.32 Å². The molecule has 0 amide bonds. The first-order valence-electron chi connectivity index (χ1n) is 9.62. The number of carboxylic acid groups (broad SMARTS) is 1. The Morgan fingerprint density at radius 2 is 1.52 bits per heavy atom. The molecule has 3 aromatic carbocycles. The smallest absolute Gasteiger partial charge is 0.336 e. The Hall–Kier alpha value is -2.57. The molecule has 0 heterocycles. The second-order valence-corrected chi connectivity index (χ2v) is 7.41. The van der Waals surface area contributed by atoms with Gasteiger partial charge in [-0.1, -0.05) is 83.9 Å². The minimum absolute atomic E-state index is 0.587. The molecule has 3 rings (SSSR count). The lowest BCUT2D eigenvalue weighted by atomic mass is 9.81. The van der Waals surface area contributed by atoms with Gasteiger partial charge in [-0.25, -0.2) is 4.79 Å². The van der Waals surface area contributed by atoms with Crippen LogP contribution < -0.4 is 5.32 Å². The Morgan fingerprint density at radius 1 is 1.00 bits per heavy atom. The number of methoxy groups -OCH3 is 1. The maximum atomic E-state index is 11.3. The zero-order valence-electron chi connectivity index (χ0n) is 17.3. The molecule has 0 fully saturated rings. The zero-order chi connectivity index (χ0) is 22.9. The maximum absolute atomic E-state index is 11.3. The molecular formula is C24H25Cl2NO4. The summed E-state index contributed by atoms with van der Waals surface area (Å²) in [6, 6.07) is 23.1. The summed E-state index contributed by atoms with van der Waals surface area (Å²) in [5, 5.41) is 23.9. The number of ether oxygens (including phenoxy) is 1. The lowest BCUT2D eigenvalue weighted by molar-refractivity contribution is -0.163. The monoisotopic (exact) mass is 461 g/mol. The van der Waals surface area contributed by atoms with Crippen molar-refractivity contribution in [3.63, 3.8) is 0 Å². The van der Waals surface area contributed by atoms with Crippen LogP contribution in [0.25, 0.3) is 0 Å². The number of benzene rings is 3. The minimum Gasteiger partial charge on any atom is -0.479 e. The minimum atomic E-state index is -1.71. The largest absolute Gasteiger partial charge is 0.479 e. The summed E-state index contributed by atoms with van der Waals surface area (Å²) in [6.45, 7) is 2.88. The number of nitrogens with one attached hydrogen (secondary N) is 1. The van der Waals surface area contributed by atoms with Gasteiger partial charge in [0.15, 0.2) is 11.7 Å². The van der Waals surface area contributed by atoms with Crippen LogP contribution in [0.5, 0.6) is 0 Å². The van der Waals surface area contributed by atoms with E-state index in [1.807, 2.05) is 31.2 Å². The van der Waals surface area contributed by atoms with Crippen molar-refractivity contribution < 1.29 is 19.7 Å². The normalized spacial score (nSPS) is 11.8. The van der Waals surface area contributed by atoms with Gasteiger partial charge >= 0.3 is 5.97 Å². The van der Waals surface area contributed by atoms with Crippen LogP contribution in [0.4, 0.5) is 5.69 Å². The van der Waals surface area contributed by atoms with E-state index >= 15 is 0 Å². The summed E-state index contributed by atoms with van der Waals surface area (Å²) in [6.07, 6.45) is -1.71. The average Bonchev–Trinajstić information content (AvgIpc) is 2.78. The molecule has 0 spiro atoms. The molecule has 164 valence electrons. The van der Waals surface area contributed by atoms with Crippen molar-refractivity contribution in [1.82, 2.24) is 0 Å². The zero-order valence-corrected chi connectivity index (χ0v) is 18.8. The van der Waals surface area contributed by atoms with Gasteiger partial charge in [0.05, 0.1) is 10.7 Å². The number of rotatable bonds is 7. The number of hydrogen-bond acceptors (Lipinski definition) is 4. The number of anilines is 1. The fraction of sp³-hybridized carbons (Fsp3) is 0.208. The Kier molecular flexibility index (Phi) is 9.34. The van der Waals surface area contributed by atoms with Gasteiger partial charge in [0.25, 0.3) is 0 Å². The fourth-order valence-corrected chi connectivity index (χ4v) is 3.67. The highest BCUT2D eigenvalue weighted by Gasteiger charge is 2.45. The quantitative estimate of drug-likeness (QED) is 0.436. The van der Waals surface area contributed by atoms with E-state index in [1.165, 1.54) is 7.11 Å². The Bertz CT molecular complexity index is 928. The van der Waals surface area contributed by atoms with E-state index in [0.29, 0.717) is 21.2 Å². The van der Waals surface area contributed by atoms with Crippen molar-refractivity contribution in [2.75, 3.05) is 19.0 Å². The Labute approximate surface area is 192 Å². The van der Waals surface area contributed by atoms with Crippen LogP contribution in [-0.4, -0.2) is 35.9 Å². The van der Waals surface area contributed by atoms with E-state index in [-0.39, 0.29) is 0 Å². The molecule has 0 aliphatic heterocycles. The van der Waals surface area contributed by atoms with Crippen LogP contribution in [-0.2, 0) is 15.1 Å². The second-order valence-electron chi connectivity index (χ2n) is 6.57. The molecule has 3 N–H and O–H groups in total. The number of hydrogen-bond donors (Lipinski definition) is 3. The molecule has 31 heavy (non-hydrogen) atoms. The maximum Gasteiger partial charge on any atom is 0.336 e. The molecule has 0 aromatic heterocycles. The topological polar surface area (TPSA) is 78.8 Å². The molecule has 0 bridgehead atoms. The molecule has 5 nitrogen and oxygen atoms in total. The van der Waals surface area contributed by atoms with E-state index in [1.54, 1.807) is 54.6 Å². The molecular weight excluding hydrogens is 437 g/mol. The SMILES string of the molecule is CCNc1ccc(Cl)cc1Cl.COC(c1ccccc1)(c1ccccc1)[C@H](O)C(=O)O. The van der Waals surface area contributed by atoms with E-state index in [9.17, 15) is 15.0 Å². The molecule has 0 aliphatic rings. The van der Waals surface area contributed by atoms with Crippen LogP contribution in [0.1, 0.15) is 18.1 Å². The molecule has 7 heteroatoms. The first kappa shape index (κ1) is 24.7. The summed E-state index contributed by atoms with van der Waals surface area (Å²) in [5.74, 6) is -1.33. The van der Waals surface area contributed by atoms with Crippen LogP contribution in [0, 0.1) is 0 Å². The number of aliphatic hydroxyl groups excluding tert-OH is 1. The van der Waals surface area contributed by atoms with Crippen LogP contribution in [0.2, 0.25) is 10.0 Å². The molecule has 3 aromatic rings. The van der Waals surface area contributed by atoms with Crippen molar-refractivity contribution in [3.8, 4) is 0 Å². The lowest BCUT2D eigenvalue weighted by Crippen LogP contribution is -2.47. The summed E-state index contributed by atoms with van der Waals surface area (Å²) < 4.78 is 5.50. The van der Waals surface area contributed by atoms with E-state index in [0.717, 1.165) is 12.2 Å². The van der Waals surface area contributed by atoms with Gasteiger partial charge in [-0.3, -0.25) is 0 Å². The van der Waals surface area contributed by atoms with Gasteiger partial charge in [-0.05, 0) is 36.2 Å². The Balaban J connectivity index is 0.000000262. The third-order valence-electron chi connectivity index (χ3n) is 4.64. The van der Waals surface area contributed by atoms with Gasteiger partial charge < -0.3 is 20.3 Å². The van der Waals surface area contributed by atoms with E-state index < -0.39 is 17.7 Å². The molecule has 0 radical (unpaired) electrons. The molecule has 0 unspecified atom stereocenters. The van der Waals surface area contributed by atoms with Gasteiger partial charge in [0.2, 0.25) is 0 Å². The summed E-state index contributed by atoms with van der Waals surface area (Å²) in [5.41, 5.74) is 0.666. The predicted octanol–water partition coefficient (Wildman–Crippen LogP) is 5.45. The van der Waals surface area contributed by atoms with Gasteiger partial charge in [0, 0.05) is 18.7 Å². The summed E-state index contributed by atoms with van der Waals surface area (Å²) in [7, 11) is 1.40. The third-order valence-corrected chi connectivity index (χ3v) is 5.19. The van der Waals surface area contributed by atoms with Crippen LogP contribution >= 0.6 is 23.2 Å². The first-order valence-corrected chi connectivity index (χ1v) is 10.4. The standard InChI is InChI=1S/C16H16O4.C8H9Cl2N/c1-20-16(14(17)15(18)19,12-8-4-2-5-9-12)13-10-6-3-7-11-13;1-2-11-8-4-3-6(9)5-7(8)10/h2-11,14,17H,1H3,(H,18,19);3-5,11H,2H2,1H3/t14-;/m1./s1. The van der Waals surface area contributed by atoms with Gasteiger partial charge in [0.1, 0.15) is 0 Å². The fourth-order valence-electron chi connectivity index (χ4n) is 3.20. The predicted molar refractivity (Wildman–Crippen MR) is 125 cm³/mol. The third kappa shape index (κ3) is 5.99.